The molecule has 0 N–H and O–H groups in total. The molecule has 0 atom stereocenters. The molecule has 0 amide bonds. The molecule has 0 aliphatic carbocycles. The van der Waals surface area contributed by atoms with Crippen molar-refractivity contribution in [3.63, 3.8) is 0 Å². The van der Waals surface area contributed by atoms with Crippen LogP contribution < -0.4 is 25.9 Å². The summed E-state index contributed by atoms with van der Waals surface area (Å²) in [6, 6.07) is 18.8. The van der Waals surface area contributed by atoms with Crippen molar-refractivity contribution in [2.24, 2.45) is 0 Å². The monoisotopic (exact) mass is 298 g/mol. The summed E-state index contributed by atoms with van der Waals surface area (Å²) in [5.74, 6) is 3.76. The van der Waals surface area contributed by atoms with Crippen LogP contribution in [0.2, 0.25) is 0 Å². The van der Waals surface area contributed by atoms with E-state index in [2.05, 4.69) is 50.2 Å². The molecule has 2 aliphatic rings. The lowest BCUT2D eigenvalue weighted by Crippen LogP contribution is -2.57. The van der Waals surface area contributed by atoms with Crippen molar-refractivity contribution in [3.8, 4) is 23.0 Å². The third kappa shape index (κ3) is 1.65. The van der Waals surface area contributed by atoms with Gasteiger partial charge < -0.3 is 9.47 Å². The van der Waals surface area contributed by atoms with E-state index in [0.717, 1.165) is 28.5 Å². The predicted molar refractivity (Wildman–Crippen MR) is 93.6 cm³/mol. The molecule has 0 spiro atoms. The van der Waals surface area contributed by atoms with Crippen LogP contribution in [0.5, 0.6) is 23.0 Å². The zero-order valence-corrected chi connectivity index (χ0v) is 13.1. The van der Waals surface area contributed by atoms with Gasteiger partial charge in [-0.2, -0.15) is 0 Å². The average Bonchev–Trinajstić information content (AvgIpc) is 2.59. The number of benzene rings is 3. The van der Waals surface area contributed by atoms with Gasteiger partial charge in [0.1, 0.15) is 23.0 Å². The van der Waals surface area contributed by atoms with Crippen LogP contribution in [0.25, 0.3) is 0 Å². The molecule has 0 fully saturated rings. The van der Waals surface area contributed by atoms with E-state index >= 15 is 0 Å². The molecule has 0 saturated heterocycles. The van der Waals surface area contributed by atoms with Gasteiger partial charge >= 0.3 is 0 Å². The standard InChI is InChI=1S/C20H15BO2/c1-12-11-18-19-20(13(12)2)23-17-10-6-4-8-15(17)21(19)14-7-3-5-9-16(14)22-18/h3-11H,1-2H3. The smallest absolute Gasteiger partial charge is 0.260 e. The van der Waals surface area contributed by atoms with E-state index in [1.54, 1.807) is 0 Å². The van der Waals surface area contributed by atoms with E-state index in [4.69, 9.17) is 9.47 Å². The van der Waals surface area contributed by atoms with Crippen molar-refractivity contribution in [3.05, 3.63) is 65.7 Å². The Morgan fingerprint density at radius 3 is 2.04 bits per heavy atom. The molecule has 0 unspecified atom stereocenters. The number of hydrogen-bond acceptors (Lipinski definition) is 2. The molecule has 3 aromatic carbocycles. The molecule has 3 heteroatoms. The first-order valence-electron chi connectivity index (χ1n) is 7.91. The number of ether oxygens (including phenoxy) is 2. The number of fused-ring (bicyclic) bond motifs is 4. The zero-order valence-electron chi connectivity index (χ0n) is 13.1. The summed E-state index contributed by atoms with van der Waals surface area (Å²) >= 11 is 0. The summed E-state index contributed by atoms with van der Waals surface area (Å²) in [5.41, 5.74) is 5.95. The zero-order chi connectivity index (χ0) is 15.6. The molecule has 2 aliphatic heterocycles. The Morgan fingerprint density at radius 2 is 1.35 bits per heavy atom. The number of aryl methyl sites for hydroxylation is 1. The van der Waals surface area contributed by atoms with Crippen LogP contribution in [-0.4, -0.2) is 6.71 Å². The van der Waals surface area contributed by atoms with E-state index in [-0.39, 0.29) is 6.71 Å². The van der Waals surface area contributed by atoms with E-state index < -0.39 is 0 Å². The highest BCUT2D eigenvalue weighted by atomic mass is 16.5. The molecule has 5 rings (SSSR count). The van der Waals surface area contributed by atoms with Crippen molar-refractivity contribution in [2.45, 2.75) is 13.8 Å². The Balaban J connectivity index is 1.90. The van der Waals surface area contributed by atoms with Crippen LogP contribution in [0.15, 0.2) is 54.6 Å². The molecule has 2 heterocycles. The Kier molecular flexibility index (Phi) is 2.46. The van der Waals surface area contributed by atoms with Gasteiger partial charge in [0.2, 0.25) is 0 Å². The topological polar surface area (TPSA) is 18.5 Å². The summed E-state index contributed by atoms with van der Waals surface area (Å²) in [4.78, 5) is 0. The summed E-state index contributed by atoms with van der Waals surface area (Å²) in [5, 5.41) is 0. The molecule has 2 nitrogen and oxygen atoms in total. The summed E-state index contributed by atoms with van der Waals surface area (Å²) < 4.78 is 12.5. The second-order valence-electron chi connectivity index (χ2n) is 6.27. The molecule has 0 saturated carbocycles. The van der Waals surface area contributed by atoms with Crippen LogP contribution in [0.4, 0.5) is 0 Å². The van der Waals surface area contributed by atoms with E-state index in [1.165, 1.54) is 22.1 Å². The Morgan fingerprint density at radius 1 is 0.739 bits per heavy atom. The maximum atomic E-state index is 6.27. The van der Waals surface area contributed by atoms with Gasteiger partial charge in [-0.1, -0.05) is 36.4 Å². The minimum atomic E-state index is 0.175. The van der Waals surface area contributed by atoms with Crippen LogP contribution in [0.1, 0.15) is 11.1 Å². The lowest BCUT2D eigenvalue weighted by atomic mass is 9.34. The van der Waals surface area contributed by atoms with Gasteiger partial charge in [-0.25, -0.2) is 0 Å². The SMILES string of the molecule is Cc1cc2c3c(c1C)Oc1ccccc1B3c1ccccc1O2. The lowest BCUT2D eigenvalue weighted by Gasteiger charge is -2.34. The number of para-hydroxylation sites is 2. The van der Waals surface area contributed by atoms with Crippen molar-refractivity contribution in [1.82, 2.24) is 0 Å². The van der Waals surface area contributed by atoms with Gasteiger partial charge in [-0.3, -0.25) is 0 Å². The highest BCUT2D eigenvalue weighted by Crippen LogP contribution is 2.37. The third-order valence-electron chi connectivity index (χ3n) is 4.97. The summed E-state index contributed by atoms with van der Waals surface area (Å²) in [7, 11) is 0. The Hall–Kier alpha value is -2.68. The molecular weight excluding hydrogens is 283 g/mol. The van der Waals surface area contributed by atoms with Crippen molar-refractivity contribution in [2.75, 3.05) is 0 Å². The van der Waals surface area contributed by atoms with Crippen LogP contribution >= 0.6 is 0 Å². The highest BCUT2D eigenvalue weighted by Gasteiger charge is 2.40. The minimum Gasteiger partial charge on any atom is -0.458 e. The summed E-state index contributed by atoms with van der Waals surface area (Å²) in [6.07, 6.45) is 0. The summed E-state index contributed by atoms with van der Waals surface area (Å²) in [6.45, 7) is 4.40. The second kappa shape index (κ2) is 4.42. The molecular formula is C20H15BO2. The largest absolute Gasteiger partial charge is 0.458 e. The van der Waals surface area contributed by atoms with E-state index in [0.29, 0.717) is 0 Å². The molecule has 3 aromatic rings. The predicted octanol–water partition coefficient (Wildman–Crippen LogP) is 3.03. The van der Waals surface area contributed by atoms with Gasteiger partial charge in [0.15, 0.2) is 0 Å². The molecule has 110 valence electrons. The quantitative estimate of drug-likeness (QED) is 0.409. The van der Waals surface area contributed by atoms with Crippen molar-refractivity contribution < 1.29 is 9.47 Å². The first-order valence-corrected chi connectivity index (χ1v) is 7.91. The first kappa shape index (κ1) is 12.8. The Labute approximate surface area is 135 Å². The maximum Gasteiger partial charge on any atom is 0.260 e. The molecule has 0 aromatic heterocycles. The minimum absolute atomic E-state index is 0.175. The Bertz CT molecular complexity index is 951. The first-order chi connectivity index (χ1) is 11.2. The average molecular weight is 298 g/mol. The van der Waals surface area contributed by atoms with Crippen molar-refractivity contribution >= 4 is 23.1 Å². The van der Waals surface area contributed by atoms with E-state index in [9.17, 15) is 0 Å². The third-order valence-corrected chi connectivity index (χ3v) is 4.97. The van der Waals surface area contributed by atoms with Crippen LogP contribution in [0.3, 0.4) is 0 Å². The fourth-order valence-corrected chi connectivity index (χ4v) is 3.70. The van der Waals surface area contributed by atoms with E-state index in [1.807, 2.05) is 18.2 Å². The van der Waals surface area contributed by atoms with Gasteiger partial charge in [0.25, 0.3) is 6.71 Å². The fraction of sp³-hybridized carbons (Fsp3) is 0.100. The highest BCUT2D eigenvalue weighted by molar-refractivity contribution is 6.98. The molecule has 23 heavy (non-hydrogen) atoms. The molecule has 0 radical (unpaired) electrons. The lowest BCUT2D eigenvalue weighted by molar-refractivity contribution is 0.461. The second-order valence-corrected chi connectivity index (χ2v) is 6.27. The van der Waals surface area contributed by atoms with Crippen LogP contribution in [0, 0.1) is 13.8 Å². The van der Waals surface area contributed by atoms with Crippen LogP contribution in [-0.2, 0) is 0 Å². The number of rotatable bonds is 0. The van der Waals surface area contributed by atoms with Gasteiger partial charge in [-0.05, 0) is 54.1 Å². The maximum absolute atomic E-state index is 6.27. The van der Waals surface area contributed by atoms with Gasteiger partial charge in [0, 0.05) is 5.46 Å². The van der Waals surface area contributed by atoms with Gasteiger partial charge in [-0.15, -0.1) is 0 Å². The van der Waals surface area contributed by atoms with Gasteiger partial charge in [0.05, 0.1) is 0 Å². The normalized spacial score (nSPS) is 13.4. The van der Waals surface area contributed by atoms with Crippen molar-refractivity contribution in [1.29, 1.82) is 0 Å². The fourth-order valence-electron chi connectivity index (χ4n) is 3.70. The number of hydrogen-bond donors (Lipinski definition) is 0. The molecule has 0 bridgehead atoms.